The molecule has 1 fully saturated rings. The third kappa shape index (κ3) is 3.25. The molecule has 1 aliphatic rings. The van der Waals surface area contributed by atoms with Gasteiger partial charge in [0.2, 0.25) is 5.91 Å². The fraction of sp³-hybridized carbons (Fsp3) is 0.500. The summed E-state index contributed by atoms with van der Waals surface area (Å²) in [6, 6.07) is 3.86. The van der Waals surface area contributed by atoms with E-state index in [1.807, 2.05) is 6.07 Å². The van der Waals surface area contributed by atoms with Crippen LogP contribution in [-0.4, -0.2) is 23.0 Å². The summed E-state index contributed by atoms with van der Waals surface area (Å²) in [4.78, 5) is 15.9. The molecule has 1 amide bonds. The van der Waals surface area contributed by atoms with Crippen LogP contribution in [0.15, 0.2) is 24.5 Å². The van der Waals surface area contributed by atoms with Crippen molar-refractivity contribution in [3.05, 3.63) is 24.5 Å². The molecule has 1 aromatic heterocycles. The van der Waals surface area contributed by atoms with Crippen LogP contribution >= 0.6 is 0 Å². The normalized spacial score (nSPS) is 23.6. The van der Waals surface area contributed by atoms with Crippen molar-refractivity contribution >= 4 is 11.6 Å². The predicted molar refractivity (Wildman–Crippen MR) is 66.2 cm³/mol. The Balaban J connectivity index is 1.85. The van der Waals surface area contributed by atoms with E-state index in [1.54, 1.807) is 18.5 Å². The van der Waals surface area contributed by atoms with Gasteiger partial charge in [0.05, 0.1) is 11.9 Å². The van der Waals surface area contributed by atoms with Gasteiger partial charge in [-0.25, -0.2) is 5.43 Å². The van der Waals surface area contributed by atoms with Crippen molar-refractivity contribution in [2.75, 3.05) is 5.32 Å². The zero-order valence-electron chi connectivity index (χ0n) is 9.94. The Hall–Kier alpha value is -1.46. The zero-order chi connectivity index (χ0) is 12.1. The minimum atomic E-state index is -0.160. The topological polar surface area (TPSA) is 66.0 Å². The van der Waals surface area contributed by atoms with Crippen LogP contribution in [0.5, 0.6) is 0 Å². The summed E-state index contributed by atoms with van der Waals surface area (Å²) in [7, 11) is 0. The minimum absolute atomic E-state index is 0.0101. The lowest BCUT2D eigenvalue weighted by Crippen LogP contribution is -2.40. The maximum atomic E-state index is 11.9. The molecule has 0 aliphatic carbocycles. The van der Waals surface area contributed by atoms with Crippen molar-refractivity contribution in [3.63, 3.8) is 0 Å². The van der Waals surface area contributed by atoms with E-state index in [0.717, 1.165) is 24.9 Å². The van der Waals surface area contributed by atoms with Gasteiger partial charge in [0.25, 0.3) is 0 Å². The lowest BCUT2D eigenvalue weighted by molar-refractivity contribution is -0.117. The van der Waals surface area contributed by atoms with Crippen molar-refractivity contribution in [3.8, 4) is 0 Å². The SMILES string of the molecule is CCCC1CC(C(=O)Nc2cccnc2)NN1. The summed E-state index contributed by atoms with van der Waals surface area (Å²) >= 11 is 0. The highest BCUT2D eigenvalue weighted by atomic mass is 16.2. The number of hydrazine groups is 1. The number of pyridine rings is 1. The number of amides is 1. The van der Waals surface area contributed by atoms with Crippen molar-refractivity contribution in [1.29, 1.82) is 0 Å². The van der Waals surface area contributed by atoms with E-state index >= 15 is 0 Å². The zero-order valence-corrected chi connectivity index (χ0v) is 9.94. The second kappa shape index (κ2) is 5.75. The Morgan fingerprint density at radius 2 is 2.47 bits per heavy atom. The molecule has 2 heterocycles. The molecule has 5 heteroatoms. The molecule has 2 unspecified atom stereocenters. The molecule has 0 aromatic carbocycles. The van der Waals surface area contributed by atoms with E-state index < -0.39 is 0 Å². The maximum Gasteiger partial charge on any atom is 0.242 e. The molecule has 3 N–H and O–H groups in total. The molecule has 1 saturated heterocycles. The molecule has 17 heavy (non-hydrogen) atoms. The Bertz CT molecular complexity index is 368. The number of hydrogen-bond acceptors (Lipinski definition) is 4. The van der Waals surface area contributed by atoms with Gasteiger partial charge in [-0.15, -0.1) is 0 Å². The number of aromatic nitrogens is 1. The number of carbonyl (C=O) groups excluding carboxylic acids is 1. The smallest absolute Gasteiger partial charge is 0.242 e. The average Bonchev–Trinajstić information content (AvgIpc) is 2.79. The first-order valence-electron chi connectivity index (χ1n) is 6.01. The van der Waals surface area contributed by atoms with Crippen LogP contribution in [-0.2, 0) is 4.79 Å². The first kappa shape index (κ1) is 12.0. The molecule has 0 spiro atoms. The molecule has 0 radical (unpaired) electrons. The highest BCUT2D eigenvalue weighted by Crippen LogP contribution is 2.12. The molecule has 2 rings (SSSR count). The first-order valence-corrected chi connectivity index (χ1v) is 6.01. The van der Waals surface area contributed by atoms with Crippen LogP contribution in [0, 0.1) is 0 Å². The van der Waals surface area contributed by atoms with Crippen LogP contribution in [0.1, 0.15) is 26.2 Å². The lowest BCUT2D eigenvalue weighted by atomic mass is 10.1. The molecule has 1 aromatic rings. The molecule has 1 aliphatic heterocycles. The van der Waals surface area contributed by atoms with Gasteiger partial charge in [0, 0.05) is 12.2 Å². The number of nitrogens with one attached hydrogen (secondary N) is 3. The largest absolute Gasteiger partial charge is 0.323 e. The molecule has 5 nitrogen and oxygen atoms in total. The summed E-state index contributed by atoms with van der Waals surface area (Å²) in [6.07, 6.45) is 6.37. The van der Waals surface area contributed by atoms with Gasteiger partial charge >= 0.3 is 0 Å². The van der Waals surface area contributed by atoms with Crippen LogP contribution in [0.25, 0.3) is 0 Å². The monoisotopic (exact) mass is 234 g/mol. The van der Waals surface area contributed by atoms with E-state index in [9.17, 15) is 4.79 Å². The predicted octanol–water partition coefficient (Wildman–Crippen LogP) is 1.06. The fourth-order valence-corrected chi connectivity index (χ4v) is 2.00. The van der Waals surface area contributed by atoms with Gasteiger partial charge < -0.3 is 5.32 Å². The van der Waals surface area contributed by atoms with Gasteiger partial charge in [-0.05, 0) is 25.0 Å². The summed E-state index contributed by atoms with van der Waals surface area (Å²) in [6.45, 7) is 2.14. The number of anilines is 1. The van der Waals surface area contributed by atoms with Crippen molar-refractivity contribution in [2.24, 2.45) is 0 Å². The Morgan fingerprint density at radius 1 is 1.59 bits per heavy atom. The van der Waals surface area contributed by atoms with Crippen LogP contribution in [0.2, 0.25) is 0 Å². The summed E-state index contributed by atoms with van der Waals surface area (Å²) < 4.78 is 0. The third-order valence-electron chi connectivity index (χ3n) is 2.86. The van der Waals surface area contributed by atoms with Gasteiger partial charge in [-0.2, -0.15) is 0 Å². The van der Waals surface area contributed by atoms with Crippen LogP contribution in [0.3, 0.4) is 0 Å². The van der Waals surface area contributed by atoms with Gasteiger partial charge in [0.1, 0.15) is 6.04 Å². The van der Waals surface area contributed by atoms with E-state index in [2.05, 4.69) is 28.1 Å². The summed E-state index contributed by atoms with van der Waals surface area (Å²) in [5, 5.41) is 2.84. The van der Waals surface area contributed by atoms with Crippen molar-refractivity contribution in [1.82, 2.24) is 15.8 Å². The molecular weight excluding hydrogens is 216 g/mol. The highest BCUT2D eigenvalue weighted by Gasteiger charge is 2.28. The quantitative estimate of drug-likeness (QED) is 0.728. The van der Waals surface area contributed by atoms with Gasteiger partial charge in [0.15, 0.2) is 0 Å². The molecule has 0 saturated carbocycles. The Morgan fingerprint density at radius 3 is 3.18 bits per heavy atom. The van der Waals surface area contributed by atoms with Crippen LogP contribution in [0.4, 0.5) is 5.69 Å². The molecular formula is C12H18N4O. The maximum absolute atomic E-state index is 11.9. The number of nitrogens with zero attached hydrogens (tertiary/aromatic N) is 1. The first-order chi connectivity index (χ1) is 8.29. The van der Waals surface area contributed by atoms with Crippen molar-refractivity contribution in [2.45, 2.75) is 38.3 Å². The second-order valence-electron chi connectivity index (χ2n) is 4.29. The van der Waals surface area contributed by atoms with E-state index in [4.69, 9.17) is 0 Å². The van der Waals surface area contributed by atoms with E-state index in [-0.39, 0.29) is 11.9 Å². The lowest BCUT2D eigenvalue weighted by Gasteiger charge is -2.09. The van der Waals surface area contributed by atoms with E-state index in [0.29, 0.717) is 6.04 Å². The Labute approximate surface area is 101 Å². The van der Waals surface area contributed by atoms with Gasteiger partial charge in [-0.3, -0.25) is 15.2 Å². The Kier molecular flexibility index (Phi) is 4.06. The number of hydrogen-bond donors (Lipinski definition) is 3. The second-order valence-corrected chi connectivity index (χ2v) is 4.29. The standard InChI is InChI=1S/C12H18N4O/c1-2-4-9-7-11(16-15-9)12(17)14-10-5-3-6-13-8-10/h3,5-6,8-9,11,15-16H,2,4,7H2,1H3,(H,14,17). The highest BCUT2D eigenvalue weighted by molar-refractivity contribution is 5.94. The fourth-order valence-electron chi connectivity index (χ4n) is 2.00. The number of carbonyl (C=O) groups is 1. The molecule has 0 bridgehead atoms. The van der Waals surface area contributed by atoms with Gasteiger partial charge in [-0.1, -0.05) is 13.3 Å². The third-order valence-corrected chi connectivity index (χ3v) is 2.86. The van der Waals surface area contributed by atoms with E-state index in [1.165, 1.54) is 0 Å². The van der Waals surface area contributed by atoms with Crippen molar-refractivity contribution < 1.29 is 4.79 Å². The average molecular weight is 234 g/mol. The molecule has 2 atom stereocenters. The summed E-state index contributed by atoms with van der Waals surface area (Å²) in [5.41, 5.74) is 6.91. The molecule has 92 valence electrons. The number of rotatable bonds is 4. The minimum Gasteiger partial charge on any atom is -0.323 e. The van der Waals surface area contributed by atoms with Crippen LogP contribution < -0.4 is 16.2 Å². The summed E-state index contributed by atoms with van der Waals surface area (Å²) in [5.74, 6) is -0.0101.